The van der Waals surface area contributed by atoms with Crippen LogP contribution in [0.25, 0.3) is 0 Å². The van der Waals surface area contributed by atoms with Crippen molar-refractivity contribution >= 4 is 11.9 Å². The van der Waals surface area contributed by atoms with Gasteiger partial charge in [-0.15, -0.1) is 0 Å². The Bertz CT molecular complexity index is 666. The SMILES string of the molecule is N#CC(C(=O)O)(C(=O)O)C(c1ccccc1)c1ccccc1. The number of rotatable bonds is 5. The van der Waals surface area contributed by atoms with Crippen molar-refractivity contribution in [2.75, 3.05) is 0 Å². The van der Waals surface area contributed by atoms with Crippen molar-refractivity contribution in [2.24, 2.45) is 5.41 Å². The van der Waals surface area contributed by atoms with Crippen LogP contribution in [-0.4, -0.2) is 22.2 Å². The third-order valence-electron chi connectivity index (χ3n) is 3.55. The summed E-state index contributed by atoms with van der Waals surface area (Å²) in [6.07, 6.45) is 0. The third-order valence-corrected chi connectivity index (χ3v) is 3.55. The van der Waals surface area contributed by atoms with Gasteiger partial charge in [0.15, 0.2) is 0 Å². The minimum atomic E-state index is -2.59. The zero-order valence-electron chi connectivity index (χ0n) is 11.5. The fourth-order valence-electron chi connectivity index (χ4n) is 2.48. The van der Waals surface area contributed by atoms with Crippen LogP contribution in [0.15, 0.2) is 60.7 Å². The third kappa shape index (κ3) is 2.42. The highest BCUT2D eigenvalue weighted by atomic mass is 16.4. The normalized spacial score (nSPS) is 10.9. The molecular formula is C17H13NO4. The summed E-state index contributed by atoms with van der Waals surface area (Å²) in [6, 6.07) is 18.2. The van der Waals surface area contributed by atoms with Gasteiger partial charge in [-0.1, -0.05) is 60.7 Å². The molecule has 0 radical (unpaired) electrons. The van der Waals surface area contributed by atoms with Crippen LogP contribution in [0.3, 0.4) is 0 Å². The highest BCUT2D eigenvalue weighted by Gasteiger charge is 2.55. The lowest BCUT2D eigenvalue weighted by Crippen LogP contribution is -2.44. The molecule has 0 saturated heterocycles. The summed E-state index contributed by atoms with van der Waals surface area (Å²) in [7, 11) is 0. The predicted octanol–water partition coefficient (Wildman–Crippen LogP) is 2.50. The van der Waals surface area contributed by atoms with Crippen LogP contribution in [0.1, 0.15) is 17.0 Å². The number of benzene rings is 2. The van der Waals surface area contributed by atoms with E-state index in [9.17, 15) is 25.1 Å². The minimum absolute atomic E-state index is 0.458. The fourth-order valence-corrected chi connectivity index (χ4v) is 2.48. The molecule has 2 rings (SSSR count). The van der Waals surface area contributed by atoms with Gasteiger partial charge in [0.05, 0.1) is 6.07 Å². The summed E-state index contributed by atoms with van der Waals surface area (Å²) in [5, 5.41) is 28.4. The van der Waals surface area contributed by atoms with Crippen LogP contribution in [0, 0.1) is 16.7 Å². The molecule has 0 bridgehead atoms. The first-order valence-electron chi connectivity index (χ1n) is 6.52. The predicted molar refractivity (Wildman–Crippen MR) is 78.0 cm³/mol. The molecule has 110 valence electrons. The van der Waals surface area contributed by atoms with Crippen LogP contribution in [0.2, 0.25) is 0 Å². The van der Waals surface area contributed by atoms with Gasteiger partial charge in [0.25, 0.3) is 5.41 Å². The Morgan fingerprint density at radius 1 is 0.864 bits per heavy atom. The molecule has 0 fully saturated rings. The number of aliphatic carboxylic acids is 2. The summed E-state index contributed by atoms with van der Waals surface area (Å²) in [6.45, 7) is 0. The van der Waals surface area contributed by atoms with E-state index >= 15 is 0 Å². The standard InChI is InChI=1S/C17H13NO4/c18-11-17(15(19)20,16(21)22)14(12-7-3-1-4-8-12)13-9-5-2-6-10-13/h1-10,14H,(H,19,20)(H,21,22). The van der Waals surface area contributed by atoms with Crippen molar-refractivity contribution in [3.8, 4) is 6.07 Å². The Kier molecular flexibility index (Phi) is 4.23. The van der Waals surface area contributed by atoms with E-state index in [2.05, 4.69) is 0 Å². The van der Waals surface area contributed by atoms with E-state index in [4.69, 9.17) is 0 Å². The number of carboxylic acids is 2. The summed E-state index contributed by atoms with van der Waals surface area (Å²) in [4.78, 5) is 23.4. The van der Waals surface area contributed by atoms with Gasteiger partial charge in [-0.25, -0.2) is 9.59 Å². The molecule has 2 N–H and O–H groups in total. The Hall–Kier alpha value is -3.13. The number of nitriles is 1. The van der Waals surface area contributed by atoms with E-state index in [1.165, 1.54) is 6.07 Å². The number of hydrogen-bond acceptors (Lipinski definition) is 3. The topological polar surface area (TPSA) is 98.4 Å². The highest BCUT2D eigenvalue weighted by Crippen LogP contribution is 2.41. The van der Waals surface area contributed by atoms with Gasteiger partial charge in [0.2, 0.25) is 0 Å². The zero-order valence-corrected chi connectivity index (χ0v) is 11.5. The van der Waals surface area contributed by atoms with Crippen molar-refractivity contribution in [3.63, 3.8) is 0 Å². The van der Waals surface area contributed by atoms with E-state index in [1.54, 1.807) is 60.7 Å². The molecule has 2 aromatic carbocycles. The van der Waals surface area contributed by atoms with E-state index in [-0.39, 0.29) is 0 Å². The molecule has 5 nitrogen and oxygen atoms in total. The van der Waals surface area contributed by atoms with Crippen molar-refractivity contribution < 1.29 is 19.8 Å². The highest BCUT2D eigenvalue weighted by molar-refractivity contribution is 6.03. The second kappa shape index (κ2) is 6.10. The molecule has 0 unspecified atom stereocenters. The molecule has 0 saturated carbocycles. The van der Waals surface area contributed by atoms with Crippen LogP contribution < -0.4 is 0 Å². The lowest BCUT2D eigenvalue weighted by molar-refractivity contribution is -0.161. The van der Waals surface area contributed by atoms with Gasteiger partial charge in [0, 0.05) is 5.92 Å². The number of carbonyl (C=O) groups is 2. The molecule has 0 spiro atoms. The average Bonchev–Trinajstić information content (AvgIpc) is 2.53. The lowest BCUT2D eigenvalue weighted by Gasteiger charge is -2.28. The Balaban J connectivity index is 2.76. The molecule has 0 aliphatic carbocycles. The van der Waals surface area contributed by atoms with Crippen LogP contribution in [0.5, 0.6) is 0 Å². The van der Waals surface area contributed by atoms with Gasteiger partial charge in [-0.05, 0) is 11.1 Å². The van der Waals surface area contributed by atoms with Crippen molar-refractivity contribution in [2.45, 2.75) is 5.92 Å². The van der Waals surface area contributed by atoms with Crippen LogP contribution in [-0.2, 0) is 9.59 Å². The maximum atomic E-state index is 11.7. The van der Waals surface area contributed by atoms with Crippen LogP contribution in [0.4, 0.5) is 0 Å². The summed E-state index contributed by atoms with van der Waals surface area (Å²) >= 11 is 0. The minimum Gasteiger partial charge on any atom is -0.480 e. The monoisotopic (exact) mass is 295 g/mol. The summed E-state index contributed by atoms with van der Waals surface area (Å²) < 4.78 is 0. The van der Waals surface area contributed by atoms with E-state index in [0.29, 0.717) is 11.1 Å². The Morgan fingerprint density at radius 2 is 1.23 bits per heavy atom. The van der Waals surface area contributed by atoms with E-state index < -0.39 is 23.3 Å². The molecular weight excluding hydrogens is 282 g/mol. The molecule has 0 aromatic heterocycles. The van der Waals surface area contributed by atoms with Gasteiger partial charge < -0.3 is 10.2 Å². The second-order valence-corrected chi connectivity index (χ2v) is 4.78. The molecule has 22 heavy (non-hydrogen) atoms. The molecule has 2 aromatic rings. The van der Waals surface area contributed by atoms with E-state index in [1.807, 2.05) is 0 Å². The summed E-state index contributed by atoms with van der Waals surface area (Å²) in [5.74, 6) is -4.48. The smallest absolute Gasteiger partial charge is 0.336 e. The molecule has 5 heteroatoms. The fraction of sp³-hybridized carbons (Fsp3) is 0.118. The molecule has 0 atom stereocenters. The molecule has 0 heterocycles. The lowest BCUT2D eigenvalue weighted by atomic mass is 9.69. The summed E-state index contributed by atoms with van der Waals surface area (Å²) in [5.41, 5.74) is -1.68. The maximum Gasteiger partial charge on any atom is 0.336 e. The zero-order chi connectivity index (χ0) is 16.2. The number of carboxylic acid groups (broad SMARTS) is 2. The largest absolute Gasteiger partial charge is 0.480 e. The number of hydrogen-bond donors (Lipinski definition) is 2. The molecule has 0 aliphatic rings. The molecule has 0 amide bonds. The Labute approximate surface area is 127 Å². The van der Waals surface area contributed by atoms with Gasteiger partial charge in [0.1, 0.15) is 0 Å². The van der Waals surface area contributed by atoms with Crippen molar-refractivity contribution in [3.05, 3.63) is 71.8 Å². The Morgan fingerprint density at radius 3 is 1.50 bits per heavy atom. The average molecular weight is 295 g/mol. The van der Waals surface area contributed by atoms with Crippen molar-refractivity contribution in [1.29, 1.82) is 5.26 Å². The maximum absolute atomic E-state index is 11.7. The quantitative estimate of drug-likeness (QED) is 0.826. The number of nitrogens with zero attached hydrogens (tertiary/aromatic N) is 1. The van der Waals surface area contributed by atoms with E-state index in [0.717, 1.165) is 0 Å². The molecule has 0 aliphatic heterocycles. The van der Waals surface area contributed by atoms with Crippen LogP contribution >= 0.6 is 0 Å². The van der Waals surface area contributed by atoms with Crippen molar-refractivity contribution in [1.82, 2.24) is 0 Å². The first-order chi connectivity index (χ1) is 10.5. The first kappa shape index (κ1) is 15.3. The second-order valence-electron chi connectivity index (χ2n) is 4.78. The first-order valence-corrected chi connectivity index (χ1v) is 6.52. The van der Waals surface area contributed by atoms with Gasteiger partial charge in [-0.3, -0.25) is 0 Å². The van der Waals surface area contributed by atoms with Gasteiger partial charge >= 0.3 is 11.9 Å². The van der Waals surface area contributed by atoms with Gasteiger partial charge in [-0.2, -0.15) is 5.26 Å².